The van der Waals surface area contributed by atoms with Gasteiger partial charge in [-0.1, -0.05) is 0 Å². The van der Waals surface area contributed by atoms with Crippen molar-refractivity contribution in [1.29, 1.82) is 0 Å². The first-order valence-electron chi connectivity index (χ1n) is 4.14. The second-order valence-electron chi connectivity index (χ2n) is 3.55. The van der Waals surface area contributed by atoms with Gasteiger partial charge in [0.05, 0.1) is 0 Å². The zero-order valence-electron chi connectivity index (χ0n) is 7.06. The Kier molecular flexibility index (Phi) is 2.05. The minimum Gasteiger partial charge on any atom is -0.330 e. The van der Waals surface area contributed by atoms with Crippen LogP contribution in [0.5, 0.6) is 0 Å². The van der Waals surface area contributed by atoms with Crippen LogP contribution in [0.25, 0.3) is 0 Å². The third-order valence-electron chi connectivity index (χ3n) is 2.63. The average molecular weight is 246 g/mol. The number of hydrogen-bond donors (Lipinski definition) is 1. The van der Waals surface area contributed by atoms with Gasteiger partial charge in [0.25, 0.3) is 0 Å². The van der Waals surface area contributed by atoms with Gasteiger partial charge in [-0.15, -0.1) is 11.3 Å². The van der Waals surface area contributed by atoms with Gasteiger partial charge in [-0.3, -0.25) is 0 Å². The maximum absolute atomic E-state index is 5.76. The molecule has 1 saturated carbocycles. The van der Waals surface area contributed by atoms with Gasteiger partial charge in [0.15, 0.2) is 0 Å². The van der Waals surface area contributed by atoms with E-state index >= 15 is 0 Å². The molecule has 1 aliphatic carbocycles. The summed E-state index contributed by atoms with van der Waals surface area (Å²) in [6.07, 6.45) is 2.53. The fourth-order valence-corrected chi connectivity index (χ4v) is 3.64. The molecule has 0 radical (unpaired) electrons. The molecule has 1 aromatic heterocycles. The van der Waals surface area contributed by atoms with Crippen LogP contribution in [0.2, 0.25) is 0 Å². The molecule has 66 valence electrons. The van der Waals surface area contributed by atoms with Crippen molar-refractivity contribution in [2.75, 3.05) is 6.54 Å². The summed E-state index contributed by atoms with van der Waals surface area (Å²) in [5.74, 6) is 0. The zero-order chi connectivity index (χ0) is 8.77. The van der Waals surface area contributed by atoms with E-state index in [0.29, 0.717) is 5.41 Å². The van der Waals surface area contributed by atoms with Gasteiger partial charge in [-0.05, 0) is 46.6 Å². The lowest BCUT2D eigenvalue weighted by atomic mass is 10.1. The molecule has 12 heavy (non-hydrogen) atoms. The highest BCUT2D eigenvalue weighted by molar-refractivity contribution is 9.10. The monoisotopic (exact) mass is 245 g/mol. The molecule has 1 aromatic rings. The SMILES string of the molecule is Cc1csc(C2(CN)CC2)c1Br. The topological polar surface area (TPSA) is 26.0 Å². The smallest absolute Gasteiger partial charge is 0.0349 e. The van der Waals surface area contributed by atoms with Crippen LogP contribution in [0, 0.1) is 6.92 Å². The molecule has 0 atom stereocenters. The quantitative estimate of drug-likeness (QED) is 0.853. The fraction of sp³-hybridized carbons (Fsp3) is 0.556. The molecule has 0 bridgehead atoms. The summed E-state index contributed by atoms with van der Waals surface area (Å²) in [5.41, 5.74) is 7.45. The van der Waals surface area contributed by atoms with Gasteiger partial charge < -0.3 is 5.73 Å². The number of thiophene rings is 1. The third kappa shape index (κ3) is 1.15. The van der Waals surface area contributed by atoms with Crippen LogP contribution in [-0.4, -0.2) is 6.54 Å². The second-order valence-corrected chi connectivity index (χ2v) is 5.22. The molecular formula is C9H12BrNS. The lowest BCUT2D eigenvalue weighted by Crippen LogP contribution is -2.18. The zero-order valence-corrected chi connectivity index (χ0v) is 9.46. The third-order valence-corrected chi connectivity index (χ3v) is 5.25. The summed E-state index contributed by atoms with van der Waals surface area (Å²) in [4.78, 5) is 1.46. The Labute approximate surface area is 85.1 Å². The number of nitrogens with two attached hydrogens (primary N) is 1. The number of rotatable bonds is 2. The minimum atomic E-state index is 0.345. The average Bonchev–Trinajstić information content (AvgIpc) is 2.79. The van der Waals surface area contributed by atoms with Crippen molar-refractivity contribution in [3.8, 4) is 0 Å². The van der Waals surface area contributed by atoms with Crippen LogP contribution >= 0.6 is 27.3 Å². The maximum Gasteiger partial charge on any atom is 0.0349 e. The van der Waals surface area contributed by atoms with Gasteiger partial charge in [0.2, 0.25) is 0 Å². The Balaban J connectivity index is 2.40. The highest BCUT2D eigenvalue weighted by Gasteiger charge is 2.45. The summed E-state index contributed by atoms with van der Waals surface area (Å²) in [6.45, 7) is 2.93. The first-order valence-corrected chi connectivity index (χ1v) is 5.81. The van der Waals surface area contributed by atoms with E-state index in [1.807, 2.05) is 11.3 Å². The first-order chi connectivity index (χ1) is 5.69. The standard InChI is InChI=1S/C9H12BrNS/c1-6-4-12-8(7(6)10)9(5-11)2-3-9/h4H,2-3,5,11H2,1H3. The highest BCUT2D eigenvalue weighted by atomic mass is 79.9. The molecule has 0 unspecified atom stereocenters. The van der Waals surface area contributed by atoms with Crippen molar-refractivity contribution < 1.29 is 0 Å². The summed E-state index contributed by atoms with van der Waals surface area (Å²) in [5, 5.41) is 2.20. The molecule has 2 N–H and O–H groups in total. The summed E-state index contributed by atoms with van der Waals surface area (Å²) in [6, 6.07) is 0. The Morgan fingerprint density at radius 1 is 1.67 bits per heavy atom. The normalized spacial score (nSPS) is 19.6. The molecule has 3 heteroatoms. The Hall–Kier alpha value is 0.140. The molecular weight excluding hydrogens is 234 g/mol. The molecule has 0 amide bonds. The predicted octanol–water partition coefficient (Wildman–Crippen LogP) is 2.81. The van der Waals surface area contributed by atoms with Crippen molar-refractivity contribution >= 4 is 27.3 Å². The van der Waals surface area contributed by atoms with E-state index in [1.165, 1.54) is 27.8 Å². The maximum atomic E-state index is 5.76. The molecule has 1 aliphatic rings. The van der Waals surface area contributed by atoms with Crippen LogP contribution in [0.4, 0.5) is 0 Å². The molecule has 1 heterocycles. The van der Waals surface area contributed by atoms with Crippen molar-refractivity contribution in [2.24, 2.45) is 5.73 Å². The van der Waals surface area contributed by atoms with Crippen LogP contribution in [-0.2, 0) is 5.41 Å². The predicted molar refractivity (Wildman–Crippen MR) is 56.7 cm³/mol. The largest absolute Gasteiger partial charge is 0.330 e. The van der Waals surface area contributed by atoms with Crippen LogP contribution in [0.15, 0.2) is 9.85 Å². The van der Waals surface area contributed by atoms with Gasteiger partial charge in [-0.2, -0.15) is 0 Å². The second kappa shape index (κ2) is 2.82. The van der Waals surface area contributed by atoms with Crippen molar-refractivity contribution in [1.82, 2.24) is 0 Å². The van der Waals surface area contributed by atoms with Crippen LogP contribution in [0.3, 0.4) is 0 Å². The lowest BCUT2D eigenvalue weighted by Gasteiger charge is -2.10. The highest BCUT2D eigenvalue weighted by Crippen LogP contribution is 2.52. The number of hydrogen-bond acceptors (Lipinski definition) is 2. The molecule has 0 saturated heterocycles. The van der Waals surface area contributed by atoms with E-state index in [1.54, 1.807) is 0 Å². The Morgan fingerprint density at radius 2 is 2.33 bits per heavy atom. The van der Waals surface area contributed by atoms with E-state index in [0.717, 1.165) is 6.54 Å². The van der Waals surface area contributed by atoms with E-state index in [2.05, 4.69) is 28.2 Å². The van der Waals surface area contributed by atoms with E-state index < -0.39 is 0 Å². The summed E-state index contributed by atoms with van der Waals surface area (Å²) >= 11 is 5.46. The lowest BCUT2D eigenvalue weighted by molar-refractivity contribution is 0.716. The van der Waals surface area contributed by atoms with Crippen molar-refractivity contribution in [3.05, 3.63) is 20.3 Å². The summed E-state index contributed by atoms with van der Waals surface area (Å²) < 4.78 is 1.29. The van der Waals surface area contributed by atoms with Gasteiger partial charge in [0, 0.05) is 21.3 Å². The first kappa shape index (κ1) is 8.73. The molecule has 1 nitrogen and oxygen atoms in total. The van der Waals surface area contributed by atoms with Gasteiger partial charge >= 0.3 is 0 Å². The van der Waals surface area contributed by atoms with Crippen molar-refractivity contribution in [2.45, 2.75) is 25.2 Å². The van der Waals surface area contributed by atoms with Crippen molar-refractivity contribution in [3.63, 3.8) is 0 Å². The Morgan fingerprint density at radius 3 is 2.67 bits per heavy atom. The Bertz CT molecular complexity index is 301. The molecule has 1 fully saturated rings. The van der Waals surface area contributed by atoms with Gasteiger partial charge in [-0.25, -0.2) is 0 Å². The number of aryl methyl sites for hydroxylation is 1. The van der Waals surface area contributed by atoms with Crippen LogP contribution < -0.4 is 5.73 Å². The number of halogens is 1. The fourth-order valence-electron chi connectivity index (χ4n) is 1.46. The summed E-state index contributed by atoms with van der Waals surface area (Å²) in [7, 11) is 0. The van der Waals surface area contributed by atoms with E-state index in [-0.39, 0.29) is 0 Å². The van der Waals surface area contributed by atoms with Gasteiger partial charge in [0.1, 0.15) is 0 Å². The molecule has 0 aromatic carbocycles. The molecule has 0 aliphatic heterocycles. The molecule has 0 spiro atoms. The van der Waals surface area contributed by atoms with E-state index in [9.17, 15) is 0 Å². The van der Waals surface area contributed by atoms with E-state index in [4.69, 9.17) is 5.73 Å². The van der Waals surface area contributed by atoms with Crippen LogP contribution in [0.1, 0.15) is 23.3 Å². The molecule has 2 rings (SSSR count). The minimum absolute atomic E-state index is 0.345.